The van der Waals surface area contributed by atoms with Crippen LogP contribution in [0.15, 0.2) is 29.8 Å². The molecule has 0 saturated carbocycles. The molecule has 1 unspecified atom stereocenters. The zero-order valence-corrected chi connectivity index (χ0v) is 11.3. The lowest BCUT2D eigenvalue weighted by Crippen LogP contribution is -2.06. The van der Waals surface area contributed by atoms with Gasteiger partial charge in [-0.05, 0) is 13.0 Å². The van der Waals surface area contributed by atoms with Gasteiger partial charge in [-0.1, -0.05) is 0 Å². The number of anilines is 1. The van der Waals surface area contributed by atoms with Crippen molar-refractivity contribution in [3.05, 3.63) is 44.9 Å². The third-order valence-corrected chi connectivity index (χ3v) is 3.54. The lowest BCUT2D eigenvalue weighted by atomic mass is 10.2. The molecular formula is C12H13N3O3S. The van der Waals surface area contributed by atoms with Crippen LogP contribution in [-0.4, -0.2) is 17.0 Å². The van der Waals surface area contributed by atoms with Gasteiger partial charge in [0.1, 0.15) is 5.01 Å². The van der Waals surface area contributed by atoms with Crippen molar-refractivity contribution >= 4 is 22.7 Å². The van der Waals surface area contributed by atoms with Gasteiger partial charge in [0.15, 0.2) is 5.75 Å². The molecule has 6 nitrogen and oxygen atoms in total. The van der Waals surface area contributed by atoms with Crippen molar-refractivity contribution in [2.75, 3.05) is 12.4 Å². The predicted molar refractivity (Wildman–Crippen MR) is 73.8 cm³/mol. The van der Waals surface area contributed by atoms with Crippen LogP contribution >= 0.6 is 11.3 Å². The van der Waals surface area contributed by atoms with Gasteiger partial charge in [-0.3, -0.25) is 10.1 Å². The van der Waals surface area contributed by atoms with Crippen LogP contribution in [0.3, 0.4) is 0 Å². The fraction of sp³-hybridized carbons (Fsp3) is 0.250. The number of nitrogens with zero attached hydrogens (tertiary/aromatic N) is 2. The number of rotatable bonds is 5. The molecule has 1 N–H and O–H groups in total. The van der Waals surface area contributed by atoms with Crippen molar-refractivity contribution in [2.24, 2.45) is 0 Å². The van der Waals surface area contributed by atoms with E-state index < -0.39 is 4.92 Å². The summed E-state index contributed by atoms with van der Waals surface area (Å²) in [5.74, 6) is 0.237. The zero-order chi connectivity index (χ0) is 13.8. The topological polar surface area (TPSA) is 77.3 Å². The van der Waals surface area contributed by atoms with Crippen LogP contribution in [0.2, 0.25) is 0 Å². The number of nitro groups is 1. The Morgan fingerprint density at radius 2 is 2.32 bits per heavy atom. The maximum absolute atomic E-state index is 10.8. The van der Waals surface area contributed by atoms with E-state index in [-0.39, 0.29) is 17.5 Å². The van der Waals surface area contributed by atoms with Crippen molar-refractivity contribution in [2.45, 2.75) is 13.0 Å². The minimum Gasteiger partial charge on any atom is -0.490 e. The Balaban J connectivity index is 2.20. The summed E-state index contributed by atoms with van der Waals surface area (Å²) in [5.41, 5.74) is 0.708. The maximum Gasteiger partial charge on any atom is 0.311 e. The SMILES string of the molecule is COc1cc(NC(C)c2nccs2)ccc1[N+](=O)[O-]. The number of aromatic nitrogens is 1. The van der Waals surface area contributed by atoms with Crippen LogP contribution in [0.25, 0.3) is 0 Å². The van der Waals surface area contributed by atoms with Crippen LogP contribution < -0.4 is 10.1 Å². The number of thiazole rings is 1. The molecule has 1 atom stereocenters. The second-order valence-electron chi connectivity index (χ2n) is 3.88. The van der Waals surface area contributed by atoms with E-state index >= 15 is 0 Å². The number of nitro benzene ring substituents is 1. The van der Waals surface area contributed by atoms with E-state index in [0.29, 0.717) is 0 Å². The summed E-state index contributed by atoms with van der Waals surface area (Å²) in [4.78, 5) is 14.5. The molecule has 0 aliphatic rings. The van der Waals surface area contributed by atoms with Crippen LogP contribution in [0.5, 0.6) is 5.75 Å². The molecule has 1 aromatic carbocycles. The van der Waals surface area contributed by atoms with Crippen LogP contribution in [0.4, 0.5) is 11.4 Å². The lowest BCUT2D eigenvalue weighted by molar-refractivity contribution is -0.385. The summed E-state index contributed by atoms with van der Waals surface area (Å²) in [6, 6.07) is 4.73. The molecule has 0 bridgehead atoms. The van der Waals surface area contributed by atoms with E-state index in [4.69, 9.17) is 4.74 Å². The molecule has 2 aromatic rings. The van der Waals surface area contributed by atoms with E-state index in [2.05, 4.69) is 10.3 Å². The fourth-order valence-electron chi connectivity index (χ4n) is 1.68. The third-order valence-electron chi connectivity index (χ3n) is 2.58. The summed E-state index contributed by atoms with van der Waals surface area (Å²) in [6.07, 6.45) is 1.74. The average Bonchev–Trinajstić information content (AvgIpc) is 2.92. The minimum atomic E-state index is -0.465. The van der Waals surface area contributed by atoms with Gasteiger partial charge in [-0.25, -0.2) is 4.98 Å². The Hall–Kier alpha value is -2.15. The lowest BCUT2D eigenvalue weighted by Gasteiger charge is -2.13. The first-order valence-electron chi connectivity index (χ1n) is 5.60. The molecule has 0 saturated heterocycles. The summed E-state index contributed by atoms with van der Waals surface area (Å²) in [5, 5.41) is 16.9. The van der Waals surface area contributed by atoms with Gasteiger partial charge in [-0.15, -0.1) is 11.3 Å². The summed E-state index contributed by atoms with van der Waals surface area (Å²) >= 11 is 1.56. The van der Waals surface area contributed by atoms with E-state index in [1.54, 1.807) is 29.7 Å². The smallest absolute Gasteiger partial charge is 0.311 e. The minimum absolute atomic E-state index is 0.0335. The Morgan fingerprint density at radius 1 is 1.53 bits per heavy atom. The molecule has 7 heteroatoms. The van der Waals surface area contributed by atoms with Gasteiger partial charge >= 0.3 is 5.69 Å². The van der Waals surface area contributed by atoms with Crippen LogP contribution in [0.1, 0.15) is 18.0 Å². The van der Waals surface area contributed by atoms with Gasteiger partial charge in [0.2, 0.25) is 0 Å². The number of nitrogens with one attached hydrogen (secondary N) is 1. The molecule has 0 aliphatic carbocycles. The van der Waals surface area contributed by atoms with Gasteiger partial charge in [0.05, 0.1) is 18.1 Å². The molecule has 0 aliphatic heterocycles. The Kier molecular flexibility index (Phi) is 3.96. The number of hydrogen-bond donors (Lipinski definition) is 1. The van der Waals surface area contributed by atoms with Crippen LogP contribution in [-0.2, 0) is 0 Å². The maximum atomic E-state index is 10.8. The highest BCUT2D eigenvalue weighted by atomic mass is 32.1. The molecule has 2 rings (SSSR count). The largest absolute Gasteiger partial charge is 0.490 e. The highest BCUT2D eigenvalue weighted by Gasteiger charge is 2.16. The first-order chi connectivity index (χ1) is 9.11. The molecule has 0 radical (unpaired) electrons. The van der Waals surface area contributed by atoms with E-state index in [1.807, 2.05) is 12.3 Å². The van der Waals surface area contributed by atoms with Crippen molar-refractivity contribution in [3.8, 4) is 5.75 Å². The van der Waals surface area contributed by atoms with Gasteiger partial charge in [0, 0.05) is 29.4 Å². The number of benzene rings is 1. The van der Waals surface area contributed by atoms with Crippen molar-refractivity contribution in [3.63, 3.8) is 0 Å². The standard InChI is InChI=1S/C12H13N3O3S/c1-8(12-13-5-6-19-12)14-9-3-4-10(15(16)17)11(7-9)18-2/h3-8,14H,1-2H3. The van der Waals surface area contributed by atoms with E-state index in [9.17, 15) is 10.1 Å². The second-order valence-corrected chi connectivity index (χ2v) is 4.81. The highest BCUT2D eigenvalue weighted by molar-refractivity contribution is 7.09. The quantitative estimate of drug-likeness (QED) is 0.671. The van der Waals surface area contributed by atoms with Crippen molar-refractivity contribution < 1.29 is 9.66 Å². The Bertz CT molecular complexity index is 572. The summed E-state index contributed by atoms with van der Waals surface area (Å²) in [6.45, 7) is 1.98. The average molecular weight is 279 g/mol. The number of hydrogen-bond acceptors (Lipinski definition) is 6. The van der Waals surface area contributed by atoms with Crippen LogP contribution in [0, 0.1) is 10.1 Å². The van der Waals surface area contributed by atoms with Crippen molar-refractivity contribution in [1.82, 2.24) is 4.98 Å². The predicted octanol–water partition coefficient (Wildman–Crippen LogP) is 3.23. The normalized spacial score (nSPS) is 11.9. The van der Waals surface area contributed by atoms with Crippen molar-refractivity contribution in [1.29, 1.82) is 0 Å². The van der Waals surface area contributed by atoms with E-state index in [1.165, 1.54) is 13.2 Å². The van der Waals surface area contributed by atoms with E-state index in [0.717, 1.165) is 10.7 Å². The summed E-state index contributed by atoms with van der Waals surface area (Å²) in [7, 11) is 1.41. The first kappa shape index (κ1) is 13.3. The third kappa shape index (κ3) is 3.00. The molecular weight excluding hydrogens is 266 g/mol. The molecule has 0 amide bonds. The monoisotopic (exact) mass is 279 g/mol. The molecule has 100 valence electrons. The fourth-order valence-corrected chi connectivity index (χ4v) is 2.32. The van der Waals surface area contributed by atoms with Gasteiger partial charge in [-0.2, -0.15) is 0 Å². The molecule has 0 spiro atoms. The Labute approximate surface area is 114 Å². The number of methoxy groups -OCH3 is 1. The van der Waals surface area contributed by atoms with Gasteiger partial charge < -0.3 is 10.1 Å². The molecule has 0 fully saturated rings. The molecule has 1 heterocycles. The first-order valence-corrected chi connectivity index (χ1v) is 6.48. The van der Waals surface area contributed by atoms with Gasteiger partial charge in [0.25, 0.3) is 0 Å². The summed E-state index contributed by atoms with van der Waals surface area (Å²) < 4.78 is 5.02. The second kappa shape index (κ2) is 5.66. The Morgan fingerprint density at radius 3 is 2.89 bits per heavy atom. The number of ether oxygens (including phenoxy) is 1. The molecule has 19 heavy (non-hydrogen) atoms. The highest BCUT2D eigenvalue weighted by Crippen LogP contribution is 2.31. The molecule has 1 aromatic heterocycles. The zero-order valence-electron chi connectivity index (χ0n) is 10.5.